The highest BCUT2D eigenvalue weighted by Gasteiger charge is 2.31. The van der Waals surface area contributed by atoms with E-state index in [1.165, 1.54) is 12.1 Å². The fraction of sp³-hybridized carbons (Fsp3) is 0.0625. The first kappa shape index (κ1) is 18.3. The van der Waals surface area contributed by atoms with Crippen LogP contribution in [0.25, 0.3) is 22.5 Å². The third-order valence-electron chi connectivity index (χ3n) is 3.34. The van der Waals surface area contributed by atoms with E-state index in [0.29, 0.717) is 0 Å². The molecule has 0 atom stereocenters. The minimum atomic E-state index is -4.61. The molecule has 2 N–H and O–H groups in total. The Morgan fingerprint density at radius 2 is 1.42 bits per heavy atom. The highest BCUT2D eigenvalue weighted by atomic mass is 35.5. The summed E-state index contributed by atoms with van der Waals surface area (Å²) in [7, 11) is 0. The largest absolute Gasteiger partial charge is 0.416 e. The highest BCUT2D eigenvalue weighted by molar-refractivity contribution is 6.31. The average Bonchev–Trinajstić information content (AvgIpc) is 2.52. The SMILES string of the molecule is Nc1nnc(-c2cc(Cl)cc(C(F)(F)F)c2)c(-c2cc(F)cc(Cl)c2)n1. The van der Waals surface area contributed by atoms with Crippen LogP contribution in [0.5, 0.6) is 0 Å². The van der Waals surface area contributed by atoms with Gasteiger partial charge in [0.15, 0.2) is 0 Å². The molecule has 0 fully saturated rings. The topological polar surface area (TPSA) is 64.7 Å². The van der Waals surface area contributed by atoms with E-state index in [4.69, 9.17) is 28.9 Å². The monoisotopic (exact) mass is 402 g/mol. The van der Waals surface area contributed by atoms with Crippen LogP contribution in [0.3, 0.4) is 0 Å². The summed E-state index contributed by atoms with van der Waals surface area (Å²) >= 11 is 11.7. The summed E-state index contributed by atoms with van der Waals surface area (Å²) in [5.74, 6) is -0.889. The summed E-state index contributed by atoms with van der Waals surface area (Å²) in [6, 6.07) is 6.45. The maximum Gasteiger partial charge on any atom is 0.416 e. The number of rotatable bonds is 2. The van der Waals surface area contributed by atoms with E-state index in [2.05, 4.69) is 15.2 Å². The molecule has 0 aliphatic heterocycles. The highest BCUT2D eigenvalue weighted by Crippen LogP contribution is 2.37. The van der Waals surface area contributed by atoms with Crippen molar-refractivity contribution in [3.05, 3.63) is 57.8 Å². The van der Waals surface area contributed by atoms with Crippen LogP contribution < -0.4 is 5.73 Å². The Morgan fingerprint density at radius 3 is 2.04 bits per heavy atom. The van der Waals surface area contributed by atoms with Gasteiger partial charge in [-0.3, -0.25) is 0 Å². The zero-order chi connectivity index (χ0) is 19.1. The maximum absolute atomic E-state index is 13.7. The first-order valence-electron chi connectivity index (χ1n) is 6.98. The van der Waals surface area contributed by atoms with Gasteiger partial charge in [0.1, 0.15) is 17.2 Å². The number of alkyl halides is 3. The maximum atomic E-state index is 13.7. The van der Waals surface area contributed by atoms with Gasteiger partial charge in [0.05, 0.1) is 5.56 Å². The third-order valence-corrected chi connectivity index (χ3v) is 3.77. The number of anilines is 1. The molecule has 0 aliphatic rings. The minimum Gasteiger partial charge on any atom is -0.366 e. The number of benzene rings is 2. The molecule has 1 aromatic heterocycles. The molecule has 10 heteroatoms. The molecule has 0 spiro atoms. The second-order valence-corrected chi connectivity index (χ2v) is 6.12. The van der Waals surface area contributed by atoms with Crippen LogP contribution in [0, 0.1) is 5.82 Å². The van der Waals surface area contributed by atoms with Crippen LogP contribution in [0.2, 0.25) is 10.0 Å². The molecule has 3 rings (SSSR count). The number of nitrogens with zero attached hydrogens (tertiary/aromatic N) is 3. The lowest BCUT2D eigenvalue weighted by molar-refractivity contribution is -0.137. The van der Waals surface area contributed by atoms with Crippen molar-refractivity contribution in [3.8, 4) is 22.5 Å². The van der Waals surface area contributed by atoms with Gasteiger partial charge in [-0.25, -0.2) is 9.37 Å². The summed E-state index contributed by atoms with van der Waals surface area (Å²) in [5.41, 5.74) is 4.72. The molecule has 3 aromatic rings. The third kappa shape index (κ3) is 3.86. The predicted molar refractivity (Wildman–Crippen MR) is 90.1 cm³/mol. The Bertz CT molecular complexity index is 972. The fourth-order valence-corrected chi connectivity index (χ4v) is 2.77. The number of hydrogen-bond donors (Lipinski definition) is 1. The normalized spacial score (nSPS) is 11.6. The second-order valence-electron chi connectivity index (χ2n) is 5.25. The predicted octanol–water partition coefficient (Wildman–Crippen LogP) is 5.25. The molecule has 0 saturated carbocycles. The van der Waals surface area contributed by atoms with Gasteiger partial charge in [0.25, 0.3) is 0 Å². The Balaban J connectivity index is 2.26. The summed E-state index contributed by atoms with van der Waals surface area (Å²) in [6.45, 7) is 0. The molecule has 1 heterocycles. The van der Waals surface area contributed by atoms with E-state index in [0.717, 1.165) is 24.3 Å². The van der Waals surface area contributed by atoms with Crippen molar-refractivity contribution < 1.29 is 17.6 Å². The lowest BCUT2D eigenvalue weighted by Crippen LogP contribution is -2.06. The van der Waals surface area contributed by atoms with Gasteiger partial charge in [-0.1, -0.05) is 23.2 Å². The van der Waals surface area contributed by atoms with Crippen molar-refractivity contribution in [1.82, 2.24) is 15.2 Å². The molecule has 0 aliphatic carbocycles. The van der Waals surface area contributed by atoms with Crippen molar-refractivity contribution in [2.45, 2.75) is 6.18 Å². The zero-order valence-corrected chi connectivity index (χ0v) is 14.2. The molecular formula is C16H8Cl2F4N4. The molecule has 0 saturated heterocycles. The van der Waals surface area contributed by atoms with E-state index in [1.54, 1.807) is 0 Å². The van der Waals surface area contributed by atoms with Crippen molar-refractivity contribution in [3.63, 3.8) is 0 Å². The molecular weight excluding hydrogens is 395 g/mol. The van der Waals surface area contributed by atoms with Crippen molar-refractivity contribution in [1.29, 1.82) is 0 Å². The number of hydrogen-bond acceptors (Lipinski definition) is 4. The molecule has 2 aromatic carbocycles. The van der Waals surface area contributed by atoms with Crippen molar-refractivity contribution in [2.24, 2.45) is 0 Å². The number of aromatic nitrogens is 3. The lowest BCUT2D eigenvalue weighted by Gasteiger charge is -2.12. The fourth-order valence-electron chi connectivity index (χ4n) is 2.31. The molecule has 0 amide bonds. The Hall–Kier alpha value is -2.45. The van der Waals surface area contributed by atoms with E-state index in [-0.39, 0.29) is 38.5 Å². The Morgan fingerprint density at radius 1 is 0.808 bits per heavy atom. The molecule has 134 valence electrons. The Kier molecular flexibility index (Phi) is 4.72. The molecule has 0 radical (unpaired) electrons. The molecule has 0 unspecified atom stereocenters. The standard InChI is InChI=1S/C16H8Cl2F4N4/c17-10-2-7(1-9(5-10)16(20,21)22)14-13(24-15(23)26-25-14)8-3-11(18)6-12(19)4-8/h1-6H,(H2,23,24,26). The van der Waals surface area contributed by atoms with E-state index < -0.39 is 17.6 Å². The average molecular weight is 403 g/mol. The van der Waals surface area contributed by atoms with E-state index >= 15 is 0 Å². The van der Waals surface area contributed by atoms with Crippen LogP contribution in [0.15, 0.2) is 36.4 Å². The summed E-state index contributed by atoms with van der Waals surface area (Å²) in [5, 5.41) is 7.31. The van der Waals surface area contributed by atoms with Gasteiger partial charge in [0, 0.05) is 21.2 Å². The Labute approximate surface area is 154 Å². The molecule has 26 heavy (non-hydrogen) atoms. The van der Waals surface area contributed by atoms with Gasteiger partial charge in [-0.2, -0.15) is 13.2 Å². The van der Waals surface area contributed by atoms with E-state index in [9.17, 15) is 17.6 Å². The number of halogens is 6. The van der Waals surface area contributed by atoms with Gasteiger partial charge < -0.3 is 5.73 Å². The molecule has 4 nitrogen and oxygen atoms in total. The zero-order valence-electron chi connectivity index (χ0n) is 12.7. The lowest BCUT2D eigenvalue weighted by atomic mass is 10.0. The quantitative estimate of drug-likeness (QED) is 0.594. The first-order valence-corrected chi connectivity index (χ1v) is 7.74. The van der Waals surface area contributed by atoms with Gasteiger partial charge in [0.2, 0.25) is 5.95 Å². The summed E-state index contributed by atoms with van der Waals surface area (Å²) in [6.07, 6.45) is -4.61. The van der Waals surface area contributed by atoms with Crippen LogP contribution in [0.1, 0.15) is 5.56 Å². The minimum absolute atomic E-state index is 0.000193. The summed E-state index contributed by atoms with van der Waals surface area (Å²) < 4.78 is 52.9. The summed E-state index contributed by atoms with van der Waals surface area (Å²) in [4.78, 5) is 3.98. The number of nitrogens with two attached hydrogens (primary N) is 1. The van der Waals surface area contributed by atoms with Crippen LogP contribution in [-0.2, 0) is 6.18 Å². The number of nitrogen functional groups attached to an aromatic ring is 1. The van der Waals surface area contributed by atoms with Crippen molar-refractivity contribution in [2.75, 3.05) is 5.73 Å². The van der Waals surface area contributed by atoms with Crippen LogP contribution in [-0.4, -0.2) is 15.2 Å². The van der Waals surface area contributed by atoms with Crippen LogP contribution >= 0.6 is 23.2 Å². The second kappa shape index (κ2) is 6.69. The van der Waals surface area contributed by atoms with Gasteiger partial charge in [-0.15, -0.1) is 10.2 Å². The smallest absolute Gasteiger partial charge is 0.366 e. The van der Waals surface area contributed by atoms with Gasteiger partial charge in [-0.05, 0) is 36.4 Å². The molecule has 0 bridgehead atoms. The van der Waals surface area contributed by atoms with Gasteiger partial charge >= 0.3 is 6.18 Å². The van der Waals surface area contributed by atoms with Crippen LogP contribution in [0.4, 0.5) is 23.5 Å². The first-order chi connectivity index (χ1) is 12.1. The van der Waals surface area contributed by atoms with E-state index in [1.807, 2.05) is 0 Å². The van der Waals surface area contributed by atoms with Crippen molar-refractivity contribution >= 4 is 29.2 Å².